The second-order valence-corrected chi connectivity index (χ2v) is 7.55. The van der Waals surface area contributed by atoms with Crippen LogP contribution in [-0.4, -0.2) is 31.4 Å². The van der Waals surface area contributed by atoms with Gasteiger partial charge in [0.25, 0.3) is 5.91 Å². The van der Waals surface area contributed by atoms with Crippen molar-refractivity contribution in [3.8, 4) is 0 Å². The Balaban J connectivity index is 1.54. The van der Waals surface area contributed by atoms with E-state index in [2.05, 4.69) is 17.4 Å². The predicted molar refractivity (Wildman–Crippen MR) is 110 cm³/mol. The highest BCUT2D eigenvalue weighted by Gasteiger charge is 2.18. The zero-order chi connectivity index (χ0) is 19.1. The van der Waals surface area contributed by atoms with Crippen LogP contribution in [0.15, 0.2) is 82.3 Å². The van der Waals surface area contributed by atoms with E-state index in [9.17, 15) is 4.79 Å². The SMILES string of the molecule is CN(C)C(CNC(=O)c1ccc(CSc2ccccc2)cc1)c1ccco1. The van der Waals surface area contributed by atoms with E-state index in [4.69, 9.17) is 4.42 Å². The summed E-state index contributed by atoms with van der Waals surface area (Å²) in [5.41, 5.74) is 1.86. The number of hydrogen-bond acceptors (Lipinski definition) is 4. The van der Waals surface area contributed by atoms with Gasteiger partial charge in [-0.2, -0.15) is 0 Å². The zero-order valence-corrected chi connectivity index (χ0v) is 16.4. The summed E-state index contributed by atoms with van der Waals surface area (Å²) < 4.78 is 5.48. The fraction of sp³-hybridized carbons (Fsp3) is 0.227. The Morgan fingerprint density at radius 1 is 1.04 bits per heavy atom. The van der Waals surface area contributed by atoms with Crippen LogP contribution in [0, 0.1) is 0 Å². The van der Waals surface area contributed by atoms with Crippen molar-refractivity contribution in [1.29, 1.82) is 0 Å². The smallest absolute Gasteiger partial charge is 0.251 e. The van der Waals surface area contributed by atoms with Crippen molar-refractivity contribution in [3.63, 3.8) is 0 Å². The molecule has 0 aliphatic carbocycles. The molecular formula is C22H24N2O2S. The molecule has 1 heterocycles. The molecule has 0 fully saturated rings. The lowest BCUT2D eigenvalue weighted by molar-refractivity contribution is 0.0939. The lowest BCUT2D eigenvalue weighted by atomic mass is 10.1. The van der Waals surface area contributed by atoms with Crippen molar-refractivity contribution in [2.75, 3.05) is 20.6 Å². The molecule has 4 nitrogen and oxygen atoms in total. The molecule has 1 unspecified atom stereocenters. The fourth-order valence-corrected chi connectivity index (χ4v) is 3.62. The third kappa shape index (κ3) is 5.49. The number of likely N-dealkylation sites (N-methyl/N-ethyl adjacent to an activating group) is 1. The maximum Gasteiger partial charge on any atom is 0.251 e. The van der Waals surface area contributed by atoms with Gasteiger partial charge in [-0.1, -0.05) is 30.3 Å². The minimum absolute atomic E-state index is 0.00509. The van der Waals surface area contributed by atoms with Gasteiger partial charge < -0.3 is 9.73 Å². The molecule has 0 bridgehead atoms. The lowest BCUT2D eigenvalue weighted by Gasteiger charge is -2.22. The second-order valence-electron chi connectivity index (χ2n) is 6.50. The number of rotatable bonds is 8. The summed E-state index contributed by atoms with van der Waals surface area (Å²) in [5, 5.41) is 3.00. The molecule has 1 atom stereocenters. The molecule has 0 saturated heterocycles. The summed E-state index contributed by atoms with van der Waals surface area (Å²) in [6.45, 7) is 0.491. The largest absolute Gasteiger partial charge is 0.468 e. The fourth-order valence-electron chi connectivity index (χ4n) is 2.75. The second kappa shape index (κ2) is 9.44. The number of thioether (sulfide) groups is 1. The van der Waals surface area contributed by atoms with Gasteiger partial charge in [0.1, 0.15) is 5.76 Å². The van der Waals surface area contributed by atoms with Crippen molar-refractivity contribution in [2.24, 2.45) is 0 Å². The first-order valence-electron chi connectivity index (χ1n) is 8.88. The number of nitrogens with zero attached hydrogens (tertiary/aromatic N) is 1. The van der Waals surface area contributed by atoms with E-state index < -0.39 is 0 Å². The Kier molecular flexibility index (Phi) is 6.74. The third-order valence-corrected chi connectivity index (χ3v) is 5.40. The van der Waals surface area contributed by atoms with E-state index in [0.717, 1.165) is 11.5 Å². The maximum absolute atomic E-state index is 12.5. The molecule has 1 aromatic heterocycles. The summed E-state index contributed by atoms with van der Waals surface area (Å²) in [6.07, 6.45) is 1.65. The lowest BCUT2D eigenvalue weighted by Crippen LogP contribution is -2.34. The average Bonchev–Trinajstić information content (AvgIpc) is 3.22. The molecule has 3 rings (SSSR count). The molecular weight excluding hydrogens is 356 g/mol. The zero-order valence-electron chi connectivity index (χ0n) is 15.6. The summed E-state index contributed by atoms with van der Waals surface area (Å²) in [7, 11) is 3.94. The van der Waals surface area contributed by atoms with Gasteiger partial charge >= 0.3 is 0 Å². The van der Waals surface area contributed by atoms with Crippen LogP contribution >= 0.6 is 11.8 Å². The highest BCUT2D eigenvalue weighted by Crippen LogP contribution is 2.22. The van der Waals surface area contributed by atoms with Crippen LogP contribution in [0.1, 0.15) is 27.7 Å². The Morgan fingerprint density at radius 2 is 1.78 bits per heavy atom. The molecule has 0 radical (unpaired) electrons. The van der Waals surface area contributed by atoms with E-state index in [1.165, 1.54) is 10.5 Å². The van der Waals surface area contributed by atoms with E-state index >= 15 is 0 Å². The standard InChI is InChI=1S/C22H24N2O2S/c1-24(2)20(21-9-6-14-26-21)15-23-22(25)18-12-10-17(11-13-18)16-27-19-7-4-3-5-8-19/h3-14,20H,15-16H2,1-2H3,(H,23,25). The van der Waals surface area contributed by atoms with Crippen molar-refractivity contribution in [1.82, 2.24) is 10.2 Å². The monoisotopic (exact) mass is 380 g/mol. The van der Waals surface area contributed by atoms with Crippen LogP contribution in [0.25, 0.3) is 0 Å². The van der Waals surface area contributed by atoms with E-state index in [1.807, 2.05) is 73.6 Å². The van der Waals surface area contributed by atoms with Gasteiger partial charge in [0, 0.05) is 22.8 Å². The first-order chi connectivity index (χ1) is 13.1. The molecule has 140 valence electrons. The minimum atomic E-state index is -0.0735. The van der Waals surface area contributed by atoms with Gasteiger partial charge in [-0.05, 0) is 56.1 Å². The molecule has 0 aliphatic heterocycles. The van der Waals surface area contributed by atoms with Crippen LogP contribution in [0.5, 0.6) is 0 Å². The van der Waals surface area contributed by atoms with E-state index in [-0.39, 0.29) is 11.9 Å². The Hall–Kier alpha value is -2.50. The number of benzene rings is 2. The molecule has 2 aromatic carbocycles. The summed E-state index contributed by atoms with van der Waals surface area (Å²) in [6, 6.07) is 21.9. The topological polar surface area (TPSA) is 45.5 Å². The van der Waals surface area contributed by atoms with Gasteiger partial charge in [0.15, 0.2) is 0 Å². The number of nitrogens with one attached hydrogen (secondary N) is 1. The predicted octanol–water partition coefficient (Wildman–Crippen LogP) is 4.60. The van der Waals surface area contributed by atoms with Gasteiger partial charge in [0.05, 0.1) is 12.3 Å². The number of hydrogen-bond donors (Lipinski definition) is 1. The normalized spacial score (nSPS) is 12.1. The van der Waals surface area contributed by atoms with Crippen LogP contribution in [0.2, 0.25) is 0 Å². The summed E-state index contributed by atoms with van der Waals surface area (Å²) in [4.78, 5) is 15.7. The van der Waals surface area contributed by atoms with E-state index in [0.29, 0.717) is 12.1 Å². The van der Waals surface area contributed by atoms with Gasteiger partial charge in [-0.3, -0.25) is 9.69 Å². The molecule has 0 saturated carbocycles. The molecule has 27 heavy (non-hydrogen) atoms. The molecule has 1 N–H and O–H groups in total. The quantitative estimate of drug-likeness (QED) is 0.580. The number of furan rings is 1. The number of amides is 1. The third-order valence-electron chi connectivity index (χ3n) is 4.32. The van der Waals surface area contributed by atoms with Gasteiger partial charge in [0.2, 0.25) is 0 Å². The summed E-state index contributed by atoms with van der Waals surface area (Å²) in [5.74, 6) is 1.65. The van der Waals surface area contributed by atoms with Crippen LogP contribution in [0.3, 0.4) is 0 Å². The molecule has 0 aliphatic rings. The van der Waals surface area contributed by atoms with Crippen LogP contribution in [-0.2, 0) is 5.75 Å². The van der Waals surface area contributed by atoms with Gasteiger partial charge in [-0.25, -0.2) is 0 Å². The minimum Gasteiger partial charge on any atom is -0.468 e. The first-order valence-corrected chi connectivity index (χ1v) is 9.87. The summed E-state index contributed by atoms with van der Waals surface area (Å²) >= 11 is 1.79. The maximum atomic E-state index is 12.5. The molecule has 0 spiro atoms. The van der Waals surface area contributed by atoms with Crippen molar-refractivity contribution in [2.45, 2.75) is 16.7 Å². The highest BCUT2D eigenvalue weighted by molar-refractivity contribution is 7.98. The van der Waals surface area contributed by atoms with Crippen molar-refractivity contribution < 1.29 is 9.21 Å². The van der Waals surface area contributed by atoms with E-state index in [1.54, 1.807) is 18.0 Å². The Morgan fingerprint density at radius 3 is 2.41 bits per heavy atom. The van der Waals surface area contributed by atoms with Gasteiger partial charge in [-0.15, -0.1) is 11.8 Å². The average molecular weight is 381 g/mol. The first kappa shape index (κ1) is 19.3. The number of carbonyl (C=O) groups excluding carboxylic acids is 1. The highest BCUT2D eigenvalue weighted by atomic mass is 32.2. The Labute approximate surface area is 164 Å². The molecule has 1 amide bonds. The Bertz CT molecular complexity index is 831. The van der Waals surface area contributed by atoms with Crippen molar-refractivity contribution in [3.05, 3.63) is 89.9 Å². The van der Waals surface area contributed by atoms with Crippen molar-refractivity contribution >= 4 is 17.7 Å². The molecule has 3 aromatic rings. The van der Waals surface area contributed by atoms with Crippen LogP contribution in [0.4, 0.5) is 0 Å². The number of carbonyl (C=O) groups is 1. The van der Waals surface area contributed by atoms with Crippen LogP contribution < -0.4 is 5.32 Å². The molecule has 5 heteroatoms.